The van der Waals surface area contributed by atoms with Crippen molar-refractivity contribution in [3.05, 3.63) is 53.4 Å². The van der Waals surface area contributed by atoms with Crippen molar-refractivity contribution in [1.29, 1.82) is 0 Å². The van der Waals surface area contributed by atoms with Crippen LogP contribution < -0.4 is 0 Å². The third kappa shape index (κ3) is 3.89. The minimum absolute atomic E-state index is 0.0489. The molecule has 1 aromatic heterocycles. The molecule has 1 aliphatic rings. The number of hydrogen-bond acceptors (Lipinski definition) is 3. The number of amides is 1. The number of nitrogens with zero attached hydrogens (tertiary/aromatic N) is 3. The fourth-order valence-corrected chi connectivity index (χ4v) is 3.17. The number of aromatic nitrogens is 2. The third-order valence-corrected chi connectivity index (χ3v) is 4.68. The van der Waals surface area contributed by atoms with Crippen LogP contribution in [0.25, 0.3) is 0 Å². The molecular weight excluding hydrogens is 344 g/mol. The Labute approximate surface area is 149 Å². The average molecular weight is 363 g/mol. The number of benzene rings is 1. The molecule has 1 amide bonds. The van der Waals surface area contributed by atoms with E-state index in [4.69, 9.17) is 5.11 Å². The normalized spacial score (nSPS) is 15.2. The van der Waals surface area contributed by atoms with E-state index >= 15 is 0 Å². The van der Waals surface area contributed by atoms with Gasteiger partial charge in [-0.3, -0.25) is 9.48 Å². The second-order valence-corrected chi connectivity index (χ2v) is 6.34. The standard InChI is InChI=1S/C18H19F2N3O3/c19-15-3-1-2-12(17(15)20)4-5-16(24)22-8-6-14(7-9-22)23-11-13(10-21-23)18(25)26/h1-3,10-11,14H,4-9H2,(H,25,26). The Morgan fingerprint density at radius 2 is 1.96 bits per heavy atom. The van der Waals surface area contributed by atoms with Gasteiger partial charge in [0.05, 0.1) is 17.8 Å². The third-order valence-electron chi connectivity index (χ3n) is 4.68. The minimum atomic E-state index is -1.02. The molecule has 2 aromatic rings. The molecule has 1 saturated heterocycles. The Morgan fingerprint density at radius 3 is 2.62 bits per heavy atom. The number of aromatic carboxylic acids is 1. The summed E-state index contributed by atoms with van der Waals surface area (Å²) in [6.07, 6.45) is 4.42. The van der Waals surface area contributed by atoms with Gasteiger partial charge in [0.1, 0.15) is 0 Å². The van der Waals surface area contributed by atoms with Gasteiger partial charge in [-0.2, -0.15) is 5.10 Å². The lowest BCUT2D eigenvalue weighted by molar-refractivity contribution is -0.132. The van der Waals surface area contributed by atoms with E-state index in [2.05, 4.69) is 5.10 Å². The Bertz CT molecular complexity index is 814. The molecule has 0 radical (unpaired) electrons. The second-order valence-electron chi connectivity index (χ2n) is 6.34. The van der Waals surface area contributed by atoms with Crippen LogP contribution in [-0.2, 0) is 11.2 Å². The summed E-state index contributed by atoms with van der Waals surface area (Å²) in [6.45, 7) is 1.05. The number of hydrogen-bond donors (Lipinski definition) is 1. The molecule has 0 unspecified atom stereocenters. The molecule has 6 nitrogen and oxygen atoms in total. The van der Waals surface area contributed by atoms with Crippen LogP contribution in [0.15, 0.2) is 30.6 Å². The highest BCUT2D eigenvalue weighted by Gasteiger charge is 2.25. The zero-order chi connectivity index (χ0) is 18.7. The lowest BCUT2D eigenvalue weighted by Crippen LogP contribution is -2.39. The lowest BCUT2D eigenvalue weighted by Gasteiger charge is -2.32. The van der Waals surface area contributed by atoms with Crippen LogP contribution in [-0.4, -0.2) is 44.8 Å². The van der Waals surface area contributed by atoms with E-state index in [1.54, 1.807) is 9.58 Å². The fraction of sp³-hybridized carbons (Fsp3) is 0.389. The number of carbonyl (C=O) groups is 2. The van der Waals surface area contributed by atoms with Gasteiger partial charge in [-0.1, -0.05) is 12.1 Å². The van der Waals surface area contributed by atoms with Gasteiger partial charge in [0, 0.05) is 25.7 Å². The first kappa shape index (κ1) is 18.0. The van der Waals surface area contributed by atoms with E-state index in [1.807, 2.05) is 0 Å². The summed E-state index contributed by atoms with van der Waals surface area (Å²) in [5, 5.41) is 13.0. The summed E-state index contributed by atoms with van der Waals surface area (Å²) in [4.78, 5) is 24.9. The summed E-state index contributed by atoms with van der Waals surface area (Å²) in [6, 6.07) is 4.01. The van der Waals surface area contributed by atoms with Crippen molar-refractivity contribution < 1.29 is 23.5 Å². The molecule has 2 heterocycles. The Morgan fingerprint density at radius 1 is 1.23 bits per heavy atom. The number of piperidine rings is 1. The van der Waals surface area contributed by atoms with E-state index in [9.17, 15) is 18.4 Å². The molecule has 0 spiro atoms. The van der Waals surface area contributed by atoms with Crippen LogP contribution in [0.2, 0.25) is 0 Å². The molecule has 8 heteroatoms. The predicted molar refractivity (Wildman–Crippen MR) is 88.7 cm³/mol. The largest absolute Gasteiger partial charge is 0.478 e. The zero-order valence-electron chi connectivity index (χ0n) is 14.1. The number of carboxylic acids is 1. The number of carboxylic acid groups (broad SMARTS) is 1. The predicted octanol–water partition coefficient (Wildman–Crippen LogP) is 2.66. The van der Waals surface area contributed by atoms with E-state index < -0.39 is 17.6 Å². The maximum atomic E-state index is 13.6. The summed E-state index contributed by atoms with van der Waals surface area (Å²) >= 11 is 0. The molecule has 3 rings (SSSR count). The smallest absolute Gasteiger partial charge is 0.338 e. The summed E-state index contributed by atoms with van der Waals surface area (Å²) in [7, 11) is 0. The lowest BCUT2D eigenvalue weighted by atomic mass is 10.0. The highest BCUT2D eigenvalue weighted by atomic mass is 19.2. The van der Waals surface area contributed by atoms with Crippen molar-refractivity contribution in [2.75, 3.05) is 13.1 Å². The molecule has 0 atom stereocenters. The van der Waals surface area contributed by atoms with Crippen molar-refractivity contribution in [2.24, 2.45) is 0 Å². The van der Waals surface area contributed by atoms with E-state index in [0.29, 0.717) is 25.9 Å². The quantitative estimate of drug-likeness (QED) is 0.886. The zero-order valence-corrected chi connectivity index (χ0v) is 14.1. The van der Waals surface area contributed by atoms with E-state index in [1.165, 1.54) is 24.5 Å². The molecule has 138 valence electrons. The Hall–Kier alpha value is -2.77. The molecule has 1 aliphatic heterocycles. The number of carbonyl (C=O) groups excluding carboxylic acids is 1. The van der Waals surface area contributed by atoms with Crippen LogP contribution in [0.4, 0.5) is 8.78 Å². The average Bonchev–Trinajstić information content (AvgIpc) is 3.13. The van der Waals surface area contributed by atoms with Crippen LogP contribution in [0.5, 0.6) is 0 Å². The molecule has 0 aliphatic carbocycles. The molecular formula is C18H19F2N3O3. The van der Waals surface area contributed by atoms with Crippen molar-refractivity contribution >= 4 is 11.9 Å². The summed E-state index contributed by atoms with van der Waals surface area (Å²) < 4.78 is 28.5. The van der Waals surface area contributed by atoms with Crippen molar-refractivity contribution in [1.82, 2.24) is 14.7 Å². The van der Waals surface area contributed by atoms with Gasteiger partial charge in [-0.05, 0) is 30.9 Å². The first-order valence-corrected chi connectivity index (χ1v) is 8.44. The first-order chi connectivity index (χ1) is 12.5. The number of likely N-dealkylation sites (tertiary alicyclic amines) is 1. The van der Waals surface area contributed by atoms with Gasteiger partial charge in [0.25, 0.3) is 0 Å². The number of halogens is 2. The first-order valence-electron chi connectivity index (χ1n) is 8.44. The van der Waals surface area contributed by atoms with Crippen molar-refractivity contribution in [3.63, 3.8) is 0 Å². The Kier molecular flexibility index (Phi) is 5.29. The fourth-order valence-electron chi connectivity index (χ4n) is 3.17. The van der Waals surface area contributed by atoms with E-state index in [0.717, 1.165) is 6.07 Å². The van der Waals surface area contributed by atoms with Crippen LogP contribution in [0.3, 0.4) is 0 Å². The monoisotopic (exact) mass is 363 g/mol. The molecule has 1 aromatic carbocycles. The molecule has 1 N–H and O–H groups in total. The topological polar surface area (TPSA) is 75.4 Å². The summed E-state index contributed by atoms with van der Waals surface area (Å²) in [5.41, 5.74) is 0.339. The molecule has 26 heavy (non-hydrogen) atoms. The molecule has 0 bridgehead atoms. The van der Waals surface area contributed by atoms with Crippen molar-refractivity contribution in [3.8, 4) is 0 Å². The second kappa shape index (κ2) is 7.63. The van der Waals surface area contributed by atoms with Gasteiger partial charge < -0.3 is 10.0 Å². The highest BCUT2D eigenvalue weighted by molar-refractivity contribution is 5.86. The highest BCUT2D eigenvalue weighted by Crippen LogP contribution is 2.23. The van der Waals surface area contributed by atoms with Crippen LogP contribution >= 0.6 is 0 Å². The maximum Gasteiger partial charge on any atom is 0.338 e. The van der Waals surface area contributed by atoms with Gasteiger partial charge >= 0.3 is 5.97 Å². The molecule has 1 fully saturated rings. The minimum Gasteiger partial charge on any atom is -0.478 e. The van der Waals surface area contributed by atoms with Crippen LogP contribution in [0, 0.1) is 11.6 Å². The summed E-state index contributed by atoms with van der Waals surface area (Å²) in [5.74, 6) is -2.92. The SMILES string of the molecule is O=C(O)c1cnn(C2CCN(C(=O)CCc3cccc(F)c3F)CC2)c1. The van der Waals surface area contributed by atoms with Gasteiger partial charge in [-0.15, -0.1) is 0 Å². The van der Waals surface area contributed by atoms with Gasteiger partial charge in [0.15, 0.2) is 11.6 Å². The molecule has 0 saturated carbocycles. The number of rotatable bonds is 5. The number of aryl methyl sites for hydroxylation is 1. The van der Waals surface area contributed by atoms with Gasteiger partial charge in [-0.25, -0.2) is 13.6 Å². The van der Waals surface area contributed by atoms with Crippen molar-refractivity contribution in [2.45, 2.75) is 31.7 Å². The van der Waals surface area contributed by atoms with Crippen LogP contribution in [0.1, 0.15) is 41.2 Å². The van der Waals surface area contributed by atoms with Gasteiger partial charge in [0.2, 0.25) is 5.91 Å². The van der Waals surface area contributed by atoms with E-state index in [-0.39, 0.29) is 35.9 Å². The Balaban J connectivity index is 1.51. The maximum absolute atomic E-state index is 13.6.